The van der Waals surface area contributed by atoms with Crippen molar-refractivity contribution >= 4 is 52.7 Å². The highest BCUT2D eigenvalue weighted by atomic mass is 79.9. The Morgan fingerprint density at radius 1 is 1.19 bits per heavy atom. The Labute approximate surface area is 187 Å². The molecule has 1 aliphatic heterocycles. The molecule has 3 heterocycles. The maximum absolute atomic E-state index is 12.4. The minimum absolute atomic E-state index is 0.279. The summed E-state index contributed by atoms with van der Waals surface area (Å²) in [4.78, 5) is 11.6. The van der Waals surface area contributed by atoms with E-state index in [0.29, 0.717) is 16.3 Å². The highest BCUT2D eigenvalue weighted by molar-refractivity contribution is 9.09. The zero-order chi connectivity index (χ0) is 22.2. The van der Waals surface area contributed by atoms with Crippen LogP contribution in [0, 0.1) is 0 Å². The van der Waals surface area contributed by atoms with Crippen molar-refractivity contribution in [2.45, 2.75) is 24.0 Å². The number of benzene rings is 1. The fraction of sp³-hybridized carbons (Fsp3) is 0.350. The molecular formula is C20H20BrF3N5OP. The summed E-state index contributed by atoms with van der Waals surface area (Å²) in [6, 6.07) is 7.52. The van der Waals surface area contributed by atoms with Crippen molar-refractivity contribution in [2.75, 3.05) is 18.4 Å². The molecule has 164 valence electrons. The molecule has 0 spiro atoms. The van der Waals surface area contributed by atoms with E-state index in [0.717, 1.165) is 48.1 Å². The topological polar surface area (TPSA) is 55.2 Å². The van der Waals surface area contributed by atoms with Crippen molar-refractivity contribution in [3.8, 4) is 5.75 Å². The van der Waals surface area contributed by atoms with Crippen LogP contribution in [0.15, 0.2) is 36.7 Å². The number of aromatic nitrogens is 3. The minimum atomic E-state index is -4.72. The van der Waals surface area contributed by atoms with E-state index in [4.69, 9.17) is 0 Å². The molecule has 1 aliphatic rings. The highest BCUT2D eigenvalue weighted by Gasteiger charge is 2.31. The van der Waals surface area contributed by atoms with Crippen LogP contribution in [0.4, 0.5) is 24.7 Å². The number of likely N-dealkylation sites (tertiary alicyclic amines) is 1. The fourth-order valence-corrected chi connectivity index (χ4v) is 4.44. The summed E-state index contributed by atoms with van der Waals surface area (Å²) in [6.07, 6.45) is -1.13. The minimum Gasteiger partial charge on any atom is -0.406 e. The smallest absolute Gasteiger partial charge is 0.406 e. The number of halogens is 4. The first kappa shape index (κ1) is 22.0. The Morgan fingerprint density at radius 2 is 1.87 bits per heavy atom. The van der Waals surface area contributed by atoms with Gasteiger partial charge in [-0.3, -0.25) is 4.90 Å². The average Bonchev–Trinajstić information content (AvgIpc) is 3.06. The molecule has 0 bridgehead atoms. The van der Waals surface area contributed by atoms with Crippen molar-refractivity contribution < 1.29 is 17.9 Å². The standard InChI is InChI=1S/C20H20BrF3N5OP/c1-28-16(19(31)29-8-6-12(21)7-9-29)10-15-17(25-11-26-18(15)28)27-13-2-4-14(5-3-13)30-20(22,23)24/h2-5,10-12,31H,6-9H2,1H3,(H,25,26,27). The Bertz CT molecular complexity index is 1090. The van der Waals surface area contributed by atoms with Gasteiger partial charge in [-0.2, -0.15) is 0 Å². The molecule has 0 aliphatic carbocycles. The summed E-state index contributed by atoms with van der Waals surface area (Å²) in [6.45, 7) is 1.89. The van der Waals surface area contributed by atoms with Gasteiger partial charge in [0.25, 0.3) is 0 Å². The van der Waals surface area contributed by atoms with E-state index in [9.17, 15) is 13.2 Å². The van der Waals surface area contributed by atoms with Gasteiger partial charge in [-0.1, -0.05) is 24.8 Å². The van der Waals surface area contributed by atoms with Crippen molar-refractivity contribution in [2.24, 2.45) is 7.05 Å². The van der Waals surface area contributed by atoms with E-state index < -0.39 is 6.36 Å². The molecule has 1 saturated heterocycles. The van der Waals surface area contributed by atoms with E-state index in [-0.39, 0.29) is 5.75 Å². The van der Waals surface area contributed by atoms with Crippen LogP contribution in [0.25, 0.3) is 11.0 Å². The number of hydrogen-bond acceptors (Lipinski definition) is 4. The number of nitrogens with zero attached hydrogens (tertiary/aromatic N) is 4. The molecular weight excluding hydrogens is 494 g/mol. The van der Waals surface area contributed by atoms with Crippen LogP contribution < -0.4 is 10.1 Å². The van der Waals surface area contributed by atoms with E-state index in [1.807, 2.05) is 17.7 Å². The first-order chi connectivity index (χ1) is 14.7. The first-order valence-corrected chi connectivity index (χ1v) is 11.0. The normalized spacial score (nSPS) is 15.9. The summed E-state index contributed by atoms with van der Waals surface area (Å²) >= 11 is 3.68. The molecule has 0 unspecified atom stereocenters. The number of fused-ring (bicyclic) bond motifs is 1. The van der Waals surface area contributed by atoms with Crippen molar-refractivity contribution in [3.05, 3.63) is 42.4 Å². The van der Waals surface area contributed by atoms with Gasteiger partial charge in [-0.05, 0) is 43.2 Å². The Kier molecular flexibility index (Phi) is 6.23. The molecule has 0 atom stereocenters. The predicted molar refractivity (Wildman–Crippen MR) is 121 cm³/mol. The van der Waals surface area contributed by atoms with Gasteiger partial charge < -0.3 is 14.6 Å². The van der Waals surface area contributed by atoms with Gasteiger partial charge in [0.2, 0.25) is 0 Å². The molecule has 3 aromatic rings. The quantitative estimate of drug-likeness (QED) is 0.380. The van der Waals surface area contributed by atoms with Crippen LogP contribution in [-0.4, -0.2) is 49.1 Å². The molecule has 1 fully saturated rings. The number of nitrogens with one attached hydrogen (secondary N) is 1. The maximum Gasteiger partial charge on any atom is 0.573 e. The Morgan fingerprint density at radius 3 is 2.52 bits per heavy atom. The molecule has 0 radical (unpaired) electrons. The molecule has 4 rings (SSSR count). The lowest BCUT2D eigenvalue weighted by atomic mass is 10.1. The molecule has 0 amide bonds. The molecule has 0 saturated carbocycles. The fourth-order valence-electron chi connectivity index (χ4n) is 3.57. The van der Waals surface area contributed by atoms with Crippen molar-refractivity contribution in [3.63, 3.8) is 0 Å². The lowest BCUT2D eigenvalue weighted by molar-refractivity contribution is -0.274. The monoisotopic (exact) mass is 513 g/mol. The Balaban J connectivity index is 1.58. The summed E-state index contributed by atoms with van der Waals surface area (Å²) in [5, 5.41) is 3.96. The lowest BCUT2D eigenvalue weighted by Crippen LogP contribution is -2.38. The van der Waals surface area contributed by atoms with Gasteiger partial charge in [0.15, 0.2) is 0 Å². The predicted octanol–water partition coefficient (Wildman–Crippen LogP) is 5.09. The van der Waals surface area contributed by atoms with Crippen LogP contribution >= 0.6 is 24.8 Å². The van der Waals surface area contributed by atoms with E-state index in [1.165, 1.54) is 30.6 Å². The molecule has 1 N–H and O–H groups in total. The van der Waals surface area contributed by atoms with E-state index in [2.05, 4.69) is 49.7 Å². The zero-order valence-corrected chi connectivity index (χ0v) is 19.2. The lowest BCUT2D eigenvalue weighted by Gasteiger charge is -2.30. The summed E-state index contributed by atoms with van der Waals surface area (Å²) in [5.74, 6) is 0.286. The van der Waals surface area contributed by atoms with Gasteiger partial charge in [0.05, 0.1) is 16.5 Å². The number of hydrogen-bond donors (Lipinski definition) is 1. The first-order valence-electron chi connectivity index (χ1n) is 9.62. The second-order valence-corrected chi connectivity index (χ2v) is 9.02. The van der Waals surface area contributed by atoms with Crippen LogP contribution in [-0.2, 0) is 7.05 Å². The Hall–Kier alpha value is -2.16. The number of aryl methyl sites for hydroxylation is 1. The van der Waals surface area contributed by atoms with Crippen LogP contribution in [0.3, 0.4) is 0 Å². The molecule has 2 aromatic heterocycles. The van der Waals surface area contributed by atoms with Gasteiger partial charge in [-0.25, -0.2) is 9.97 Å². The van der Waals surface area contributed by atoms with Crippen molar-refractivity contribution in [1.29, 1.82) is 0 Å². The average molecular weight is 514 g/mol. The number of piperidine rings is 1. The summed E-state index contributed by atoms with van der Waals surface area (Å²) in [5.41, 5.74) is 3.29. The third-order valence-electron chi connectivity index (χ3n) is 5.16. The largest absolute Gasteiger partial charge is 0.573 e. The van der Waals surface area contributed by atoms with Crippen LogP contribution in [0.5, 0.6) is 5.75 Å². The third kappa shape index (κ3) is 5.02. The molecule has 6 nitrogen and oxygen atoms in total. The third-order valence-corrected chi connectivity index (χ3v) is 6.65. The summed E-state index contributed by atoms with van der Waals surface area (Å²) in [7, 11) is 5.75. The highest BCUT2D eigenvalue weighted by Crippen LogP contribution is 2.29. The number of rotatable bonds is 5. The zero-order valence-electron chi connectivity index (χ0n) is 16.6. The second-order valence-electron chi connectivity index (χ2n) is 7.26. The molecule has 31 heavy (non-hydrogen) atoms. The van der Waals surface area contributed by atoms with E-state index >= 15 is 0 Å². The van der Waals surface area contributed by atoms with Crippen LogP contribution in [0.1, 0.15) is 18.5 Å². The number of anilines is 2. The van der Waals surface area contributed by atoms with Crippen LogP contribution in [0.2, 0.25) is 0 Å². The molecule has 1 aromatic carbocycles. The molecule has 11 heteroatoms. The number of alkyl halides is 4. The van der Waals surface area contributed by atoms with Crippen molar-refractivity contribution in [1.82, 2.24) is 19.4 Å². The second kappa shape index (κ2) is 8.76. The van der Waals surface area contributed by atoms with E-state index in [1.54, 1.807) is 0 Å². The SMILES string of the molecule is Cn1c(C(=P)N2CCC(Br)CC2)cc2c(Nc3ccc(OC(F)(F)F)cc3)ncnc21. The number of ether oxygens (including phenoxy) is 1. The maximum atomic E-state index is 12.4. The van der Waals surface area contributed by atoms with Gasteiger partial charge in [0, 0.05) is 30.7 Å². The van der Waals surface area contributed by atoms with Gasteiger partial charge in [0.1, 0.15) is 23.5 Å². The summed E-state index contributed by atoms with van der Waals surface area (Å²) < 4.78 is 43.0. The van der Waals surface area contributed by atoms with Gasteiger partial charge >= 0.3 is 6.36 Å². The van der Waals surface area contributed by atoms with Gasteiger partial charge in [-0.15, -0.1) is 13.2 Å².